The van der Waals surface area contributed by atoms with Crippen molar-refractivity contribution in [3.05, 3.63) is 53.5 Å². The van der Waals surface area contributed by atoms with E-state index in [9.17, 15) is 4.79 Å². The first-order chi connectivity index (χ1) is 11.2. The molecule has 0 saturated carbocycles. The molecule has 118 valence electrons. The van der Waals surface area contributed by atoms with Crippen molar-refractivity contribution in [3.8, 4) is 5.75 Å². The van der Waals surface area contributed by atoms with E-state index in [0.29, 0.717) is 0 Å². The van der Waals surface area contributed by atoms with Crippen LogP contribution in [0.2, 0.25) is 0 Å². The number of hydrogen-bond donors (Lipinski definition) is 1. The molecule has 0 aliphatic carbocycles. The summed E-state index contributed by atoms with van der Waals surface area (Å²) in [6.45, 7) is 3.58. The minimum absolute atomic E-state index is 0.0704. The summed E-state index contributed by atoms with van der Waals surface area (Å²) in [4.78, 5) is 15.7. The maximum Gasteiger partial charge on any atom is 0.221 e. The molecule has 0 aliphatic rings. The fourth-order valence-corrected chi connectivity index (χ4v) is 3.40. The van der Waals surface area contributed by atoms with Crippen LogP contribution in [0.4, 0.5) is 5.69 Å². The number of fused-ring (bicyclic) bond motifs is 1. The topological polar surface area (TPSA) is 51.2 Å². The Kier molecular flexibility index (Phi) is 4.57. The average Bonchev–Trinajstić information content (AvgIpc) is 2.97. The minimum Gasteiger partial charge on any atom is -0.483 e. The molecule has 0 spiro atoms. The van der Waals surface area contributed by atoms with Crippen LogP contribution in [-0.4, -0.2) is 10.9 Å². The number of nitrogens with one attached hydrogen (secondary N) is 1. The van der Waals surface area contributed by atoms with Crippen molar-refractivity contribution in [2.75, 3.05) is 5.32 Å². The summed E-state index contributed by atoms with van der Waals surface area (Å²) >= 11 is 1.67. The van der Waals surface area contributed by atoms with Gasteiger partial charge in [-0.2, -0.15) is 0 Å². The largest absolute Gasteiger partial charge is 0.483 e. The molecule has 1 atom stereocenters. The highest BCUT2D eigenvalue weighted by Gasteiger charge is 2.16. The van der Waals surface area contributed by atoms with E-state index in [0.717, 1.165) is 28.4 Å². The first kappa shape index (κ1) is 15.5. The van der Waals surface area contributed by atoms with E-state index in [4.69, 9.17) is 4.74 Å². The predicted molar refractivity (Wildman–Crippen MR) is 94.0 cm³/mol. The van der Waals surface area contributed by atoms with Gasteiger partial charge in [0.15, 0.2) is 0 Å². The first-order valence-corrected chi connectivity index (χ1v) is 8.37. The molecule has 4 nitrogen and oxygen atoms in total. The molecule has 1 heterocycles. The summed E-state index contributed by atoms with van der Waals surface area (Å²) in [5.74, 6) is 0.685. The van der Waals surface area contributed by atoms with E-state index in [-0.39, 0.29) is 12.0 Å². The quantitative estimate of drug-likeness (QED) is 0.734. The van der Waals surface area contributed by atoms with E-state index in [2.05, 4.69) is 23.3 Å². The number of thiazole rings is 1. The van der Waals surface area contributed by atoms with E-state index in [1.54, 1.807) is 11.3 Å². The fourth-order valence-electron chi connectivity index (χ4n) is 2.32. The Morgan fingerprint density at radius 1 is 1.22 bits per heavy atom. The van der Waals surface area contributed by atoms with Crippen molar-refractivity contribution >= 4 is 33.1 Å². The molecule has 2 aromatic carbocycles. The highest BCUT2D eigenvalue weighted by atomic mass is 32.1. The van der Waals surface area contributed by atoms with Gasteiger partial charge < -0.3 is 10.1 Å². The van der Waals surface area contributed by atoms with Gasteiger partial charge in [0.1, 0.15) is 16.9 Å². The molecule has 0 saturated heterocycles. The second kappa shape index (κ2) is 6.79. The number of hydrogen-bond acceptors (Lipinski definition) is 4. The Hall–Kier alpha value is -2.40. The summed E-state index contributed by atoms with van der Waals surface area (Å²) in [5.41, 5.74) is 1.77. The number of nitrogens with zero attached hydrogens (tertiary/aromatic N) is 1. The molecule has 3 rings (SSSR count). The Balaban J connectivity index is 1.77. The van der Waals surface area contributed by atoms with Crippen LogP contribution in [0.1, 0.15) is 31.4 Å². The second-order valence-corrected chi connectivity index (χ2v) is 6.30. The van der Waals surface area contributed by atoms with Gasteiger partial charge in [-0.05, 0) is 42.8 Å². The lowest BCUT2D eigenvalue weighted by molar-refractivity contribution is -0.114. The van der Waals surface area contributed by atoms with Crippen molar-refractivity contribution < 1.29 is 9.53 Å². The zero-order valence-corrected chi connectivity index (χ0v) is 13.9. The Labute approximate surface area is 139 Å². The minimum atomic E-state index is -0.0837. The number of ether oxygens (including phenoxy) is 1. The van der Waals surface area contributed by atoms with E-state index >= 15 is 0 Å². The van der Waals surface area contributed by atoms with Gasteiger partial charge in [-0.15, -0.1) is 11.3 Å². The predicted octanol–water partition coefficient (Wildman–Crippen LogP) is 4.78. The zero-order chi connectivity index (χ0) is 16.2. The molecule has 5 heteroatoms. The van der Waals surface area contributed by atoms with Crippen LogP contribution < -0.4 is 10.1 Å². The Morgan fingerprint density at radius 3 is 2.61 bits per heavy atom. The number of rotatable bonds is 5. The van der Waals surface area contributed by atoms with E-state index in [1.165, 1.54) is 11.6 Å². The Bertz CT molecular complexity index is 778. The lowest BCUT2D eigenvalue weighted by Crippen LogP contribution is -2.07. The third kappa shape index (κ3) is 3.68. The molecule has 0 aliphatic heterocycles. The maximum absolute atomic E-state index is 11.0. The van der Waals surface area contributed by atoms with Crippen LogP contribution in [0, 0.1) is 0 Å². The molecule has 1 aromatic heterocycles. The van der Waals surface area contributed by atoms with Crippen LogP contribution in [0.25, 0.3) is 10.2 Å². The van der Waals surface area contributed by atoms with Crippen LogP contribution in [0.3, 0.4) is 0 Å². The van der Waals surface area contributed by atoms with Gasteiger partial charge in [-0.25, -0.2) is 4.98 Å². The number of para-hydroxylation sites is 1. The van der Waals surface area contributed by atoms with Gasteiger partial charge in [0, 0.05) is 12.6 Å². The summed E-state index contributed by atoms with van der Waals surface area (Å²) in [5, 5.41) is 3.73. The SMILES string of the molecule is CCC(Oc1ccc(NC(C)=O)cc1)c1nc2ccccc2s1. The average molecular weight is 326 g/mol. The maximum atomic E-state index is 11.0. The molecule has 1 N–H and O–H groups in total. The van der Waals surface area contributed by atoms with E-state index < -0.39 is 0 Å². The number of benzene rings is 2. The molecule has 1 unspecified atom stereocenters. The number of amides is 1. The monoisotopic (exact) mass is 326 g/mol. The molecule has 0 radical (unpaired) electrons. The van der Waals surface area contributed by atoms with Gasteiger partial charge in [0.25, 0.3) is 0 Å². The smallest absolute Gasteiger partial charge is 0.221 e. The van der Waals surface area contributed by atoms with Crippen LogP contribution in [0.5, 0.6) is 5.75 Å². The van der Waals surface area contributed by atoms with Gasteiger partial charge >= 0.3 is 0 Å². The van der Waals surface area contributed by atoms with Crippen molar-refractivity contribution in [1.29, 1.82) is 0 Å². The summed E-state index contributed by atoms with van der Waals surface area (Å²) in [6.07, 6.45) is 0.770. The highest BCUT2D eigenvalue weighted by Crippen LogP contribution is 2.31. The highest BCUT2D eigenvalue weighted by molar-refractivity contribution is 7.18. The van der Waals surface area contributed by atoms with Gasteiger partial charge in [0.05, 0.1) is 10.2 Å². The molecular formula is C18H18N2O2S. The summed E-state index contributed by atoms with van der Waals surface area (Å²) in [6, 6.07) is 15.5. The molecule has 0 bridgehead atoms. The van der Waals surface area contributed by atoms with Gasteiger partial charge in [-0.1, -0.05) is 19.1 Å². The molecule has 23 heavy (non-hydrogen) atoms. The number of aromatic nitrogens is 1. The third-order valence-corrected chi connectivity index (χ3v) is 4.54. The van der Waals surface area contributed by atoms with Crippen molar-refractivity contribution in [2.24, 2.45) is 0 Å². The normalized spacial score (nSPS) is 12.1. The number of carbonyl (C=O) groups excluding carboxylic acids is 1. The first-order valence-electron chi connectivity index (χ1n) is 7.55. The van der Waals surface area contributed by atoms with Crippen LogP contribution in [-0.2, 0) is 4.79 Å². The standard InChI is InChI=1S/C18H18N2O2S/c1-3-16(18-20-15-6-4-5-7-17(15)23-18)22-14-10-8-13(9-11-14)19-12(2)21/h4-11,16H,3H2,1-2H3,(H,19,21). The fraction of sp³-hybridized carbons (Fsp3) is 0.222. The Morgan fingerprint density at radius 2 is 1.96 bits per heavy atom. The molecule has 0 fully saturated rings. The van der Waals surface area contributed by atoms with Crippen LogP contribution in [0.15, 0.2) is 48.5 Å². The second-order valence-electron chi connectivity index (χ2n) is 5.24. The molecular weight excluding hydrogens is 308 g/mol. The summed E-state index contributed by atoms with van der Waals surface area (Å²) < 4.78 is 7.25. The zero-order valence-electron chi connectivity index (χ0n) is 13.1. The third-order valence-electron chi connectivity index (χ3n) is 3.41. The number of carbonyl (C=O) groups is 1. The van der Waals surface area contributed by atoms with Crippen molar-refractivity contribution in [1.82, 2.24) is 4.98 Å². The molecule has 3 aromatic rings. The lowest BCUT2D eigenvalue weighted by atomic mass is 10.2. The number of anilines is 1. The lowest BCUT2D eigenvalue weighted by Gasteiger charge is -2.15. The van der Waals surface area contributed by atoms with Crippen LogP contribution >= 0.6 is 11.3 Å². The molecule has 1 amide bonds. The van der Waals surface area contributed by atoms with Crippen molar-refractivity contribution in [3.63, 3.8) is 0 Å². The van der Waals surface area contributed by atoms with Gasteiger partial charge in [0.2, 0.25) is 5.91 Å². The van der Waals surface area contributed by atoms with E-state index in [1.807, 2.05) is 42.5 Å². The van der Waals surface area contributed by atoms with Crippen molar-refractivity contribution in [2.45, 2.75) is 26.4 Å². The summed E-state index contributed by atoms with van der Waals surface area (Å²) in [7, 11) is 0. The van der Waals surface area contributed by atoms with Gasteiger partial charge in [-0.3, -0.25) is 4.79 Å².